The largest absolute Gasteiger partial charge is 0.268 e. The minimum absolute atomic E-state index is 0.295. The lowest BCUT2D eigenvalue weighted by molar-refractivity contribution is 0.525. The molecule has 0 saturated heterocycles. The molecule has 0 N–H and O–H groups in total. The van der Waals surface area contributed by atoms with Crippen LogP contribution in [-0.4, -0.2) is 9.55 Å². The van der Waals surface area contributed by atoms with E-state index in [1.807, 2.05) is 20.8 Å². The molecule has 0 atom stereocenters. The Morgan fingerprint density at radius 3 is 2.48 bits per heavy atom. The third-order valence-electron chi connectivity index (χ3n) is 3.58. The van der Waals surface area contributed by atoms with E-state index in [1.54, 1.807) is 30.3 Å². The van der Waals surface area contributed by atoms with Crippen molar-refractivity contribution < 1.29 is 4.39 Å². The highest BCUT2D eigenvalue weighted by molar-refractivity contribution is 6.35. The van der Waals surface area contributed by atoms with Crippen LogP contribution in [0.15, 0.2) is 47.3 Å². The fourth-order valence-electron chi connectivity index (χ4n) is 2.55. The number of aromatic nitrogens is 2. The molecule has 5 heteroatoms. The summed E-state index contributed by atoms with van der Waals surface area (Å²) in [5.41, 5.74) is 0.285. The van der Waals surface area contributed by atoms with Gasteiger partial charge in [-0.25, -0.2) is 9.37 Å². The van der Waals surface area contributed by atoms with Gasteiger partial charge in [0.05, 0.1) is 21.6 Å². The zero-order valence-corrected chi connectivity index (χ0v) is 13.9. The van der Waals surface area contributed by atoms with Gasteiger partial charge in [0.25, 0.3) is 5.56 Å². The average Bonchev–Trinajstić information content (AvgIpc) is 2.46. The normalized spacial score (nSPS) is 11.9. The standard InChI is InChI=1S/C18H16ClFN2O/c1-18(2,3)17-21-14-9-5-8-13(19)15(14)16(23)22(17)12-7-4-6-11(20)10-12/h4-10H,1-3H3. The predicted molar refractivity (Wildman–Crippen MR) is 91.0 cm³/mol. The molecule has 3 aromatic rings. The van der Waals surface area contributed by atoms with E-state index in [1.165, 1.54) is 16.7 Å². The number of benzene rings is 2. The molecule has 3 nitrogen and oxygen atoms in total. The van der Waals surface area contributed by atoms with Crippen molar-refractivity contribution in [2.45, 2.75) is 26.2 Å². The van der Waals surface area contributed by atoms with Crippen LogP contribution in [0.4, 0.5) is 4.39 Å². The fraction of sp³-hybridized carbons (Fsp3) is 0.222. The van der Waals surface area contributed by atoms with Crippen molar-refractivity contribution in [1.29, 1.82) is 0 Å². The van der Waals surface area contributed by atoms with Gasteiger partial charge in [-0.05, 0) is 30.3 Å². The number of nitrogens with zero attached hydrogens (tertiary/aromatic N) is 2. The Hall–Kier alpha value is -2.20. The highest BCUT2D eigenvalue weighted by Gasteiger charge is 2.24. The molecule has 1 aromatic heterocycles. The van der Waals surface area contributed by atoms with Gasteiger partial charge in [-0.1, -0.05) is 44.5 Å². The van der Waals surface area contributed by atoms with Crippen molar-refractivity contribution >= 4 is 22.5 Å². The van der Waals surface area contributed by atoms with Gasteiger partial charge in [0.15, 0.2) is 0 Å². The molecule has 118 valence electrons. The molecule has 0 aliphatic rings. The Morgan fingerprint density at radius 1 is 1.13 bits per heavy atom. The van der Waals surface area contributed by atoms with Gasteiger partial charge in [0, 0.05) is 5.41 Å². The first kappa shape index (κ1) is 15.7. The van der Waals surface area contributed by atoms with Crippen LogP contribution >= 0.6 is 11.6 Å². The topological polar surface area (TPSA) is 34.9 Å². The molecule has 3 rings (SSSR count). The summed E-state index contributed by atoms with van der Waals surface area (Å²) in [6.45, 7) is 5.88. The SMILES string of the molecule is CC(C)(C)c1nc2cccc(Cl)c2c(=O)n1-c1cccc(F)c1. The second-order valence-corrected chi connectivity index (χ2v) is 6.85. The Balaban J connectivity index is 2.50. The summed E-state index contributed by atoms with van der Waals surface area (Å²) in [5, 5.41) is 0.678. The minimum Gasteiger partial charge on any atom is -0.268 e. The Kier molecular flexibility index (Phi) is 3.72. The molecular formula is C18H16ClFN2O. The maximum Gasteiger partial charge on any atom is 0.267 e. The molecule has 0 aliphatic carbocycles. The molecule has 1 heterocycles. The van der Waals surface area contributed by atoms with Crippen LogP contribution in [0.1, 0.15) is 26.6 Å². The lowest BCUT2D eigenvalue weighted by Crippen LogP contribution is -2.30. The number of fused-ring (bicyclic) bond motifs is 1. The van der Waals surface area contributed by atoms with Crippen LogP contribution in [0.5, 0.6) is 0 Å². The monoisotopic (exact) mass is 330 g/mol. The Labute approximate surface area is 138 Å². The summed E-state index contributed by atoms with van der Waals surface area (Å²) < 4.78 is 15.1. The molecular weight excluding hydrogens is 315 g/mol. The quantitative estimate of drug-likeness (QED) is 0.659. The molecule has 2 aromatic carbocycles. The van der Waals surface area contributed by atoms with Gasteiger partial charge in [0.1, 0.15) is 11.6 Å². The highest BCUT2D eigenvalue weighted by atomic mass is 35.5. The molecule has 0 bridgehead atoms. The van der Waals surface area contributed by atoms with Gasteiger partial charge in [-0.2, -0.15) is 0 Å². The van der Waals surface area contributed by atoms with Crippen molar-refractivity contribution in [2.24, 2.45) is 0 Å². The first-order valence-electron chi connectivity index (χ1n) is 7.27. The molecule has 0 radical (unpaired) electrons. The first-order chi connectivity index (χ1) is 10.8. The molecule has 0 fully saturated rings. The number of rotatable bonds is 1. The summed E-state index contributed by atoms with van der Waals surface area (Å²) in [7, 11) is 0. The van der Waals surface area contributed by atoms with Crippen molar-refractivity contribution in [3.05, 3.63) is 69.5 Å². The van der Waals surface area contributed by atoms with E-state index in [4.69, 9.17) is 11.6 Å². The number of halogens is 2. The second-order valence-electron chi connectivity index (χ2n) is 6.44. The zero-order chi connectivity index (χ0) is 16.8. The average molecular weight is 331 g/mol. The fourth-order valence-corrected chi connectivity index (χ4v) is 2.80. The van der Waals surface area contributed by atoms with E-state index in [0.29, 0.717) is 27.4 Å². The third-order valence-corrected chi connectivity index (χ3v) is 3.90. The molecule has 0 amide bonds. The van der Waals surface area contributed by atoms with Gasteiger partial charge < -0.3 is 0 Å². The Bertz CT molecular complexity index is 957. The van der Waals surface area contributed by atoms with Crippen molar-refractivity contribution in [3.8, 4) is 5.69 Å². The zero-order valence-electron chi connectivity index (χ0n) is 13.1. The van der Waals surface area contributed by atoms with Crippen LogP contribution in [0.3, 0.4) is 0 Å². The predicted octanol–water partition coefficient (Wildman–Crippen LogP) is 4.48. The maximum absolute atomic E-state index is 13.6. The van der Waals surface area contributed by atoms with Gasteiger partial charge in [-0.3, -0.25) is 9.36 Å². The summed E-state index contributed by atoms with van der Waals surface area (Å²) in [4.78, 5) is 17.7. The van der Waals surface area contributed by atoms with Gasteiger partial charge in [-0.15, -0.1) is 0 Å². The third kappa shape index (κ3) is 2.75. The van der Waals surface area contributed by atoms with E-state index in [2.05, 4.69) is 4.98 Å². The minimum atomic E-state index is -0.409. The van der Waals surface area contributed by atoms with E-state index in [-0.39, 0.29) is 5.56 Å². The molecule has 0 aliphatic heterocycles. The summed E-state index contributed by atoms with van der Waals surface area (Å²) in [6, 6.07) is 11.1. The Morgan fingerprint density at radius 2 is 1.83 bits per heavy atom. The highest BCUT2D eigenvalue weighted by Crippen LogP contribution is 2.26. The molecule has 0 spiro atoms. The van der Waals surface area contributed by atoms with Crippen LogP contribution in [-0.2, 0) is 5.41 Å². The summed E-state index contributed by atoms with van der Waals surface area (Å²) in [6.07, 6.45) is 0. The van der Waals surface area contributed by atoms with Gasteiger partial charge >= 0.3 is 0 Å². The first-order valence-corrected chi connectivity index (χ1v) is 7.64. The lowest BCUT2D eigenvalue weighted by Gasteiger charge is -2.23. The van der Waals surface area contributed by atoms with Crippen LogP contribution in [0, 0.1) is 5.82 Å². The van der Waals surface area contributed by atoms with Gasteiger partial charge in [0.2, 0.25) is 0 Å². The summed E-state index contributed by atoms with van der Waals surface area (Å²) in [5.74, 6) is 0.149. The smallest absolute Gasteiger partial charge is 0.267 e. The van der Waals surface area contributed by atoms with Crippen LogP contribution in [0.2, 0.25) is 5.02 Å². The number of hydrogen-bond donors (Lipinski definition) is 0. The molecule has 23 heavy (non-hydrogen) atoms. The van der Waals surface area contributed by atoms with Crippen molar-refractivity contribution in [1.82, 2.24) is 9.55 Å². The van der Waals surface area contributed by atoms with Crippen LogP contribution < -0.4 is 5.56 Å². The van der Waals surface area contributed by atoms with Crippen molar-refractivity contribution in [3.63, 3.8) is 0 Å². The van der Waals surface area contributed by atoms with E-state index < -0.39 is 11.2 Å². The van der Waals surface area contributed by atoms with Crippen LogP contribution in [0.25, 0.3) is 16.6 Å². The lowest BCUT2D eigenvalue weighted by atomic mass is 9.94. The van der Waals surface area contributed by atoms with E-state index >= 15 is 0 Å². The van der Waals surface area contributed by atoms with E-state index in [0.717, 1.165) is 0 Å². The molecule has 0 saturated carbocycles. The summed E-state index contributed by atoms with van der Waals surface area (Å²) >= 11 is 6.19. The second kappa shape index (κ2) is 5.46. The molecule has 0 unspecified atom stereocenters. The van der Waals surface area contributed by atoms with E-state index in [9.17, 15) is 9.18 Å². The van der Waals surface area contributed by atoms with Crippen molar-refractivity contribution in [2.75, 3.05) is 0 Å². The number of hydrogen-bond acceptors (Lipinski definition) is 2. The maximum atomic E-state index is 13.6.